The number of para-hydroxylation sites is 2. The molecule has 0 saturated heterocycles. The Balaban J connectivity index is 2.03. The second kappa shape index (κ2) is 7.40. The summed E-state index contributed by atoms with van der Waals surface area (Å²) in [6.45, 7) is 2.99. The van der Waals surface area contributed by atoms with E-state index < -0.39 is 10.0 Å². The molecule has 27 heavy (non-hydrogen) atoms. The van der Waals surface area contributed by atoms with Crippen molar-refractivity contribution in [3.05, 3.63) is 59.7 Å². The van der Waals surface area contributed by atoms with Crippen LogP contribution in [0.15, 0.2) is 48.5 Å². The van der Waals surface area contributed by atoms with Crippen molar-refractivity contribution in [1.82, 2.24) is 5.43 Å². The van der Waals surface area contributed by atoms with E-state index in [1.54, 1.807) is 49.4 Å². The summed E-state index contributed by atoms with van der Waals surface area (Å²) in [5.74, 6) is -0.137. The van der Waals surface area contributed by atoms with Gasteiger partial charge in [-0.2, -0.15) is 5.43 Å². The van der Waals surface area contributed by atoms with E-state index in [9.17, 15) is 18.3 Å². The van der Waals surface area contributed by atoms with Gasteiger partial charge in [-0.3, -0.25) is 4.72 Å². The number of anilines is 1. The Morgan fingerprint density at radius 1 is 1.22 bits per heavy atom. The number of rotatable bonds is 5. The fourth-order valence-electron chi connectivity index (χ4n) is 3.10. The van der Waals surface area contributed by atoms with Crippen molar-refractivity contribution in [3.8, 4) is 5.75 Å². The molecule has 1 aliphatic heterocycles. The number of nitrogens with one attached hydrogen (secondary N) is 2. The first kappa shape index (κ1) is 18.9. The van der Waals surface area contributed by atoms with E-state index in [0.29, 0.717) is 28.9 Å². The number of phenols is 1. The highest BCUT2D eigenvalue weighted by Crippen LogP contribution is 2.32. The molecule has 0 fully saturated rings. The molecule has 142 valence electrons. The lowest BCUT2D eigenvalue weighted by Gasteiger charge is -2.10. The van der Waals surface area contributed by atoms with Gasteiger partial charge in [0.05, 0.1) is 30.3 Å². The molecule has 1 heterocycles. The Labute approximate surface area is 158 Å². The third-order valence-corrected chi connectivity index (χ3v) is 5.75. The summed E-state index contributed by atoms with van der Waals surface area (Å²) in [6, 6.07) is 13.6. The first-order chi connectivity index (χ1) is 12.8. The van der Waals surface area contributed by atoms with E-state index in [-0.39, 0.29) is 23.5 Å². The number of phenolic OH excluding ortho intramolecular Hbond substituents is 1. The van der Waals surface area contributed by atoms with E-state index in [2.05, 4.69) is 10.1 Å². The van der Waals surface area contributed by atoms with Gasteiger partial charge in [-0.15, -0.1) is 0 Å². The smallest absolute Gasteiger partial charge is 0.411 e. The van der Waals surface area contributed by atoms with E-state index in [0.717, 1.165) is 0 Å². The molecule has 3 rings (SSSR count). The number of carbonyl (C=O) groups excluding carboxylic acids is 1. The highest BCUT2D eigenvalue weighted by molar-refractivity contribution is 7.92. The number of hydrazine groups is 1. The van der Waals surface area contributed by atoms with Crippen molar-refractivity contribution in [2.45, 2.75) is 26.3 Å². The topological polar surface area (TPSA) is 98.5 Å². The van der Waals surface area contributed by atoms with Crippen LogP contribution in [0.5, 0.6) is 5.75 Å². The number of nitrogens with zero attached hydrogens (tertiary/aromatic N) is 1. The summed E-state index contributed by atoms with van der Waals surface area (Å²) in [7, 11) is -3.46. The quantitative estimate of drug-likeness (QED) is 0.682. The van der Waals surface area contributed by atoms with Gasteiger partial charge in [0.2, 0.25) is 15.7 Å². The molecular formula is C19H22N3O4S+. The van der Waals surface area contributed by atoms with Crippen LogP contribution in [0.2, 0.25) is 0 Å². The molecule has 0 bridgehead atoms. The van der Waals surface area contributed by atoms with Crippen LogP contribution in [0, 0.1) is 0 Å². The highest BCUT2D eigenvalue weighted by Gasteiger charge is 2.38. The number of aromatic hydroxyl groups is 1. The Kier molecular flexibility index (Phi) is 5.18. The van der Waals surface area contributed by atoms with Crippen LogP contribution in [-0.2, 0) is 14.8 Å². The predicted octanol–water partition coefficient (Wildman–Crippen LogP) is 2.15. The second-order valence-corrected chi connectivity index (χ2v) is 8.31. The predicted molar refractivity (Wildman–Crippen MR) is 103 cm³/mol. The third-order valence-electron chi connectivity index (χ3n) is 4.46. The van der Waals surface area contributed by atoms with Crippen LogP contribution in [-0.4, -0.2) is 35.6 Å². The summed E-state index contributed by atoms with van der Waals surface area (Å²) in [5.41, 5.74) is 5.46. The van der Waals surface area contributed by atoms with E-state index >= 15 is 0 Å². The zero-order valence-corrected chi connectivity index (χ0v) is 16.0. The summed E-state index contributed by atoms with van der Waals surface area (Å²) >= 11 is 0. The molecule has 3 N–H and O–H groups in total. The molecule has 2 aromatic rings. The minimum absolute atomic E-state index is 0.0497. The molecule has 0 radical (unpaired) electrons. The lowest BCUT2D eigenvalue weighted by Crippen LogP contribution is -2.32. The summed E-state index contributed by atoms with van der Waals surface area (Å²) in [6.07, 6.45) is 0.419. The van der Waals surface area contributed by atoms with Crippen molar-refractivity contribution >= 4 is 27.3 Å². The van der Waals surface area contributed by atoms with Crippen molar-refractivity contribution in [2.75, 3.05) is 10.5 Å². The Morgan fingerprint density at radius 3 is 2.56 bits per heavy atom. The summed E-state index contributed by atoms with van der Waals surface area (Å²) in [4.78, 5) is 12.2. The Bertz CT molecular complexity index is 1020. The number of sulfonamides is 1. The maximum absolute atomic E-state index is 12.2. The molecule has 2 aromatic carbocycles. The van der Waals surface area contributed by atoms with Gasteiger partial charge in [0.25, 0.3) is 0 Å². The lowest BCUT2D eigenvalue weighted by atomic mass is 9.97. The van der Waals surface area contributed by atoms with Crippen LogP contribution < -0.4 is 10.1 Å². The number of hydrogen-bond acceptors (Lipinski definition) is 5. The highest BCUT2D eigenvalue weighted by atomic mass is 32.2. The van der Waals surface area contributed by atoms with Crippen molar-refractivity contribution in [1.29, 1.82) is 0 Å². The van der Waals surface area contributed by atoms with E-state index in [1.165, 1.54) is 11.6 Å². The zero-order chi connectivity index (χ0) is 19.6. The number of amides is 1. The van der Waals surface area contributed by atoms with Gasteiger partial charge in [0.1, 0.15) is 11.8 Å². The van der Waals surface area contributed by atoms with E-state index in [4.69, 9.17) is 0 Å². The van der Waals surface area contributed by atoms with Crippen LogP contribution in [0.3, 0.4) is 0 Å². The molecular weight excluding hydrogens is 366 g/mol. The summed E-state index contributed by atoms with van der Waals surface area (Å²) < 4.78 is 28.1. The Morgan fingerprint density at radius 2 is 1.89 bits per heavy atom. The molecule has 1 amide bonds. The Hall–Kier alpha value is -2.87. The summed E-state index contributed by atoms with van der Waals surface area (Å²) in [5, 5.41) is 10.1. The van der Waals surface area contributed by atoms with Gasteiger partial charge in [-0.25, -0.2) is 13.2 Å². The molecule has 8 heteroatoms. The van der Waals surface area contributed by atoms with Gasteiger partial charge < -0.3 is 5.11 Å². The SMILES string of the molecule is CCS(=O)(=O)Nc1ccccc1C1=[N+](C(C)=O)NC(c2ccccc2O)C1. The number of hydrogen-bond donors (Lipinski definition) is 3. The van der Waals surface area contributed by atoms with Gasteiger partial charge in [-0.05, 0) is 29.8 Å². The number of benzene rings is 2. The molecule has 1 atom stereocenters. The van der Waals surface area contributed by atoms with Gasteiger partial charge in [0.15, 0.2) is 0 Å². The van der Waals surface area contributed by atoms with Crippen LogP contribution in [0.1, 0.15) is 37.4 Å². The minimum Gasteiger partial charge on any atom is -0.508 e. The second-order valence-electron chi connectivity index (χ2n) is 6.30. The zero-order valence-electron chi connectivity index (χ0n) is 15.1. The standard InChI is InChI=1S/C19H21N3O4S/c1-3-27(25,26)21-16-10-6-4-8-14(16)18-12-17(20-22(18)13(2)23)15-9-5-7-11-19(15)24/h4-11,17,20,24H,3,12H2,1-2H3/p+1. The number of hydrazone groups is 1. The van der Waals surface area contributed by atoms with Crippen molar-refractivity contribution in [2.24, 2.45) is 0 Å². The van der Waals surface area contributed by atoms with Crippen LogP contribution >= 0.6 is 0 Å². The molecule has 0 spiro atoms. The lowest BCUT2D eigenvalue weighted by molar-refractivity contribution is -0.504. The van der Waals surface area contributed by atoms with Gasteiger partial charge >= 0.3 is 5.91 Å². The van der Waals surface area contributed by atoms with E-state index in [1.807, 2.05) is 6.07 Å². The average molecular weight is 388 g/mol. The van der Waals surface area contributed by atoms with Crippen LogP contribution in [0.25, 0.3) is 0 Å². The average Bonchev–Trinajstić information content (AvgIpc) is 3.07. The largest absolute Gasteiger partial charge is 0.508 e. The van der Waals surface area contributed by atoms with Gasteiger partial charge in [0, 0.05) is 5.56 Å². The van der Waals surface area contributed by atoms with Crippen molar-refractivity contribution < 1.29 is 23.0 Å². The molecule has 1 unspecified atom stereocenters. The number of carbonyl (C=O) groups is 1. The normalized spacial score (nSPS) is 16.9. The fourth-order valence-corrected chi connectivity index (χ4v) is 3.76. The molecule has 0 saturated carbocycles. The molecule has 7 nitrogen and oxygen atoms in total. The first-order valence-corrected chi connectivity index (χ1v) is 10.3. The van der Waals surface area contributed by atoms with Gasteiger partial charge in [-0.1, -0.05) is 30.3 Å². The fraction of sp³-hybridized carbons (Fsp3) is 0.263. The molecule has 1 aliphatic rings. The first-order valence-electron chi connectivity index (χ1n) is 8.63. The molecule has 0 aliphatic carbocycles. The minimum atomic E-state index is -3.46. The maximum atomic E-state index is 12.2. The van der Waals surface area contributed by atoms with Crippen LogP contribution in [0.4, 0.5) is 5.69 Å². The van der Waals surface area contributed by atoms with Crippen molar-refractivity contribution in [3.63, 3.8) is 0 Å². The maximum Gasteiger partial charge on any atom is 0.411 e. The monoisotopic (exact) mass is 388 g/mol. The third kappa shape index (κ3) is 3.95. The molecule has 0 aromatic heterocycles.